The summed E-state index contributed by atoms with van der Waals surface area (Å²) in [5.41, 5.74) is 1.35. The van der Waals surface area contributed by atoms with E-state index < -0.39 is 0 Å². The Morgan fingerprint density at radius 3 is 2.71 bits per heavy atom. The maximum atomic E-state index is 12.8. The fraction of sp³-hybridized carbons (Fsp3) is 0.250. The van der Waals surface area contributed by atoms with E-state index >= 15 is 0 Å². The van der Waals surface area contributed by atoms with Gasteiger partial charge in [-0.15, -0.1) is 0 Å². The van der Waals surface area contributed by atoms with Crippen molar-refractivity contribution >= 4 is 33.4 Å². The first kappa shape index (κ1) is 16.0. The molecule has 0 fully saturated rings. The van der Waals surface area contributed by atoms with Gasteiger partial charge in [0.15, 0.2) is 0 Å². The summed E-state index contributed by atoms with van der Waals surface area (Å²) in [6, 6.07) is 11.0. The van der Waals surface area contributed by atoms with Crippen LogP contribution < -0.4 is 0 Å². The molecule has 0 radical (unpaired) electrons. The lowest BCUT2D eigenvalue weighted by atomic mass is 10.1. The van der Waals surface area contributed by atoms with E-state index in [4.69, 9.17) is 11.6 Å². The smallest absolute Gasteiger partial charge is 0.255 e. The molecule has 0 aliphatic rings. The minimum atomic E-state index is -0.0954. The van der Waals surface area contributed by atoms with Crippen molar-refractivity contribution in [3.8, 4) is 0 Å². The highest BCUT2D eigenvalue weighted by Gasteiger charge is 2.21. The lowest BCUT2D eigenvalue weighted by Gasteiger charge is -2.27. The van der Waals surface area contributed by atoms with Gasteiger partial charge >= 0.3 is 0 Å². The normalized spacial score (nSPS) is 10.7. The Kier molecular flexibility index (Phi) is 5.37. The van der Waals surface area contributed by atoms with Gasteiger partial charge in [0.05, 0.1) is 22.8 Å². The summed E-state index contributed by atoms with van der Waals surface area (Å²) in [6.07, 6.45) is 1.73. The molecule has 0 spiro atoms. The SMILES string of the molecule is CC(C)N(Cc1ccccn1)C(=O)c1cc(Br)ccc1Cl. The van der Waals surface area contributed by atoms with Gasteiger partial charge in [-0.25, -0.2) is 0 Å². The van der Waals surface area contributed by atoms with Crippen molar-refractivity contribution in [2.75, 3.05) is 0 Å². The van der Waals surface area contributed by atoms with E-state index in [0.29, 0.717) is 17.1 Å². The molecule has 110 valence electrons. The molecule has 21 heavy (non-hydrogen) atoms. The van der Waals surface area contributed by atoms with Crippen LogP contribution in [0.5, 0.6) is 0 Å². The van der Waals surface area contributed by atoms with Gasteiger partial charge in [-0.3, -0.25) is 9.78 Å². The number of benzene rings is 1. The molecule has 0 N–H and O–H groups in total. The second-order valence-electron chi connectivity index (χ2n) is 4.97. The fourth-order valence-electron chi connectivity index (χ4n) is 1.97. The number of hydrogen-bond donors (Lipinski definition) is 0. The number of carbonyl (C=O) groups is 1. The van der Waals surface area contributed by atoms with Crippen molar-refractivity contribution in [2.24, 2.45) is 0 Å². The van der Waals surface area contributed by atoms with Crippen molar-refractivity contribution in [3.05, 3.63) is 63.3 Å². The minimum Gasteiger partial charge on any atom is -0.330 e. The maximum absolute atomic E-state index is 12.8. The standard InChI is InChI=1S/C16H16BrClN2O/c1-11(2)20(10-13-5-3-4-8-19-13)16(21)14-9-12(17)6-7-15(14)18/h3-9,11H,10H2,1-2H3. The number of amides is 1. The van der Waals surface area contributed by atoms with Crippen LogP contribution in [0, 0.1) is 0 Å². The molecule has 2 aromatic rings. The lowest BCUT2D eigenvalue weighted by Crippen LogP contribution is -2.36. The summed E-state index contributed by atoms with van der Waals surface area (Å²) in [6.45, 7) is 4.42. The van der Waals surface area contributed by atoms with E-state index in [1.54, 1.807) is 23.2 Å². The van der Waals surface area contributed by atoms with E-state index in [0.717, 1.165) is 10.2 Å². The minimum absolute atomic E-state index is 0.0505. The molecule has 1 amide bonds. The van der Waals surface area contributed by atoms with E-state index in [1.165, 1.54) is 0 Å². The fourth-order valence-corrected chi connectivity index (χ4v) is 2.53. The first-order valence-corrected chi connectivity index (χ1v) is 7.82. The van der Waals surface area contributed by atoms with Gasteiger partial charge < -0.3 is 4.90 Å². The number of pyridine rings is 1. The van der Waals surface area contributed by atoms with Gasteiger partial charge in [0.1, 0.15) is 0 Å². The number of aromatic nitrogens is 1. The Morgan fingerprint density at radius 1 is 1.33 bits per heavy atom. The molecular formula is C16H16BrClN2O. The van der Waals surface area contributed by atoms with Crippen molar-refractivity contribution in [3.63, 3.8) is 0 Å². The molecule has 0 atom stereocenters. The second kappa shape index (κ2) is 7.05. The van der Waals surface area contributed by atoms with Crippen molar-refractivity contribution in [2.45, 2.75) is 26.4 Å². The predicted molar refractivity (Wildman–Crippen MR) is 88.4 cm³/mol. The first-order valence-electron chi connectivity index (χ1n) is 6.65. The second-order valence-corrected chi connectivity index (χ2v) is 6.29. The zero-order valence-electron chi connectivity index (χ0n) is 11.9. The molecule has 0 unspecified atom stereocenters. The molecule has 0 aliphatic carbocycles. The number of halogens is 2. The van der Waals surface area contributed by atoms with Crippen LogP contribution in [0.3, 0.4) is 0 Å². The summed E-state index contributed by atoms with van der Waals surface area (Å²) in [4.78, 5) is 18.8. The highest BCUT2D eigenvalue weighted by Crippen LogP contribution is 2.23. The predicted octanol–water partition coefficient (Wildman–Crippen LogP) is 4.55. The quantitative estimate of drug-likeness (QED) is 0.794. The van der Waals surface area contributed by atoms with E-state index in [2.05, 4.69) is 20.9 Å². The summed E-state index contributed by atoms with van der Waals surface area (Å²) in [7, 11) is 0. The van der Waals surface area contributed by atoms with Crippen LogP contribution in [-0.4, -0.2) is 21.8 Å². The van der Waals surface area contributed by atoms with Crippen LogP contribution in [0.1, 0.15) is 29.9 Å². The Bertz CT molecular complexity index is 631. The zero-order chi connectivity index (χ0) is 15.4. The van der Waals surface area contributed by atoms with Gasteiger partial charge in [-0.1, -0.05) is 33.6 Å². The molecule has 1 heterocycles. The first-order chi connectivity index (χ1) is 9.99. The summed E-state index contributed by atoms with van der Waals surface area (Å²) >= 11 is 9.53. The van der Waals surface area contributed by atoms with Gasteiger partial charge in [-0.05, 0) is 44.2 Å². The Balaban J connectivity index is 2.30. The molecule has 1 aromatic carbocycles. The van der Waals surface area contributed by atoms with Crippen LogP contribution >= 0.6 is 27.5 Å². The lowest BCUT2D eigenvalue weighted by molar-refractivity contribution is 0.0688. The van der Waals surface area contributed by atoms with E-state index in [1.807, 2.05) is 38.1 Å². The highest BCUT2D eigenvalue weighted by molar-refractivity contribution is 9.10. The zero-order valence-corrected chi connectivity index (χ0v) is 14.2. The third kappa shape index (κ3) is 4.05. The van der Waals surface area contributed by atoms with Crippen LogP contribution in [0.2, 0.25) is 5.02 Å². The molecule has 1 aromatic heterocycles. The molecular weight excluding hydrogens is 352 g/mol. The van der Waals surface area contributed by atoms with E-state index in [9.17, 15) is 4.79 Å². The van der Waals surface area contributed by atoms with E-state index in [-0.39, 0.29) is 11.9 Å². The van der Waals surface area contributed by atoms with Gasteiger partial charge in [0, 0.05) is 16.7 Å². The third-order valence-corrected chi connectivity index (χ3v) is 3.92. The molecule has 5 heteroatoms. The highest BCUT2D eigenvalue weighted by atomic mass is 79.9. The van der Waals surface area contributed by atoms with Crippen molar-refractivity contribution in [1.82, 2.24) is 9.88 Å². The van der Waals surface area contributed by atoms with Gasteiger partial charge in [0.25, 0.3) is 5.91 Å². The van der Waals surface area contributed by atoms with Gasteiger partial charge in [0.2, 0.25) is 0 Å². The largest absolute Gasteiger partial charge is 0.330 e. The number of hydrogen-bond acceptors (Lipinski definition) is 2. The average Bonchev–Trinajstić information content (AvgIpc) is 2.47. The van der Waals surface area contributed by atoms with Crippen LogP contribution in [-0.2, 0) is 6.54 Å². The van der Waals surface area contributed by atoms with Crippen molar-refractivity contribution in [1.29, 1.82) is 0 Å². The molecule has 0 saturated heterocycles. The summed E-state index contributed by atoms with van der Waals surface area (Å²) < 4.78 is 0.830. The topological polar surface area (TPSA) is 33.2 Å². The van der Waals surface area contributed by atoms with Crippen LogP contribution in [0.4, 0.5) is 0 Å². The monoisotopic (exact) mass is 366 g/mol. The molecule has 2 rings (SSSR count). The molecule has 0 aliphatic heterocycles. The summed E-state index contributed by atoms with van der Waals surface area (Å²) in [5, 5.41) is 0.454. The molecule has 0 saturated carbocycles. The molecule has 0 bridgehead atoms. The number of carbonyl (C=O) groups excluding carboxylic acids is 1. The van der Waals surface area contributed by atoms with Crippen LogP contribution in [0.25, 0.3) is 0 Å². The molecule has 3 nitrogen and oxygen atoms in total. The number of nitrogens with zero attached hydrogens (tertiary/aromatic N) is 2. The average molecular weight is 368 g/mol. The Morgan fingerprint density at radius 2 is 2.10 bits per heavy atom. The summed E-state index contributed by atoms with van der Waals surface area (Å²) in [5.74, 6) is -0.0954. The van der Waals surface area contributed by atoms with Gasteiger partial charge in [-0.2, -0.15) is 0 Å². The Labute approximate surface area is 138 Å². The van der Waals surface area contributed by atoms with Crippen molar-refractivity contribution < 1.29 is 4.79 Å². The van der Waals surface area contributed by atoms with Crippen LogP contribution in [0.15, 0.2) is 47.1 Å². The third-order valence-electron chi connectivity index (χ3n) is 3.10. The maximum Gasteiger partial charge on any atom is 0.255 e. The Hall–Kier alpha value is -1.39. The number of rotatable bonds is 4.